The lowest BCUT2D eigenvalue weighted by atomic mass is 10.1. The Morgan fingerprint density at radius 2 is 2.08 bits per heavy atom. The Kier molecular flexibility index (Phi) is 4.81. The van der Waals surface area contributed by atoms with E-state index in [1.165, 1.54) is 0 Å². The van der Waals surface area contributed by atoms with E-state index in [9.17, 15) is 4.79 Å². The number of carbonyl (C=O) groups is 1. The number of carbonyl (C=O) groups excluding carboxylic acids is 1. The first-order valence-electron chi connectivity index (χ1n) is 7.87. The predicted octanol–water partition coefficient (Wildman–Crippen LogP) is 3.97. The van der Waals surface area contributed by atoms with Crippen molar-refractivity contribution in [3.63, 3.8) is 0 Å². The molecule has 0 aliphatic carbocycles. The van der Waals surface area contributed by atoms with Crippen molar-refractivity contribution in [2.45, 2.75) is 26.3 Å². The van der Waals surface area contributed by atoms with Crippen LogP contribution < -0.4 is 10.1 Å². The van der Waals surface area contributed by atoms with E-state index in [-0.39, 0.29) is 11.9 Å². The van der Waals surface area contributed by atoms with Gasteiger partial charge in [-0.05, 0) is 50.1 Å². The summed E-state index contributed by atoms with van der Waals surface area (Å²) in [5.74, 6) is 0.783. The van der Waals surface area contributed by atoms with Crippen molar-refractivity contribution in [1.29, 1.82) is 0 Å². The van der Waals surface area contributed by atoms with E-state index < -0.39 is 0 Å². The van der Waals surface area contributed by atoms with Crippen molar-refractivity contribution in [2.75, 3.05) is 7.11 Å². The van der Waals surface area contributed by atoms with Crippen LogP contribution in [0.15, 0.2) is 42.5 Å². The number of fused-ring (bicyclic) bond motifs is 1. The topological polar surface area (TPSA) is 51.2 Å². The molecular weight excluding hydrogens is 320 g/mol. The highest BCUT2D eigenvalue weighted by molar-refractivity contribution is 7.18. The monoisotopic (exact) mass is 340 g/mol. The molecular formula is C19H20N2O2S. The molecule has 0 saturated heterocycles. The Bertz CT molecular complexity index is 873. The van der Waals surface area contributed by atoms with Crippen molar-refractivity contribution in [1.82, 2.24) is 10.3 Å². The molecule has 0 bridgehead atoms. The number of nitrogens with one attached hydrogen (secondary N) is 1. The third kappa shape index (κ3) is 3.57. The lowest BCUT2D eigenvalue weighted by Crippen LogP contribution is -2.34. The largest absolute Gasteiger partial charge is 0.496 e. The fourth-order valence-electron chi connectivity index (χ4n) is 2.74. The number of methoxy groups -OCH3 is 1. The molecule has 0 radical (unpaired) electrons. The molecule has 3 aromatic rings. The first-order valence-corrected chi connectivity index (χ1v) is 8.68. The molecule has 3 rings (SSSR count). The molecule has 0 saturated carbocycles. The molecule has 1 aromatic heterocycles. The zero-order valence-electron chi connectivity index (χ0n) is 14.0. The van der Waals surface area contributed by atoms with Gasteiger partial charge in [-0.25, -0.2) is 4.98 Å². The molecule has 1 heterocycles. The fraction of sp³-hybridized carbons (Fsp3) is 0.263. The predicted molar refractivity (Wildman–Crippen MR) is 98.0 cm³/mol. The van der Waals surface area contributed by atoms with Gasteiger partial charge in [-0.3, -0.25) is 4.79 Å². The van der Waals surface area contributed by atoms with E-state index >= 15 is 0 Å². The number of para-hydroxylation sites is 1. The Labute approximate surface area is 145 Å². The summed E-state index contributed by atoms with van der Waals surface area (Å²) in [5, 5.41) is 4.06. The van der Waals surface area contributed by atoms with Crippen LogP contribution in [0.5, 0.6) is 5.75 Å². The number of rotatable bonds is 5. The smallest absolute Gasteiger partial charge is 0.251 e. The number of benzene rings is 2. The number of amides is 1. The second-order valence-electron chi connectivity index (χ2n) is 5.81. The zero-order chi connectivity index (χ0) is 17.1. The summed E-state index contributed by atoms with van der Waals surface area (Å²) in [5.41, 5.74) is 2.69. The van der Waals surface area contributed by atoms with Gasteiger partial charge in [-0.15, -0.1) is 11.3 Å². The van der Waals surface area contributed by atoms with Gasteiger partial charge in [-0.1, -0.05) is 18.2 Å². The number of nitrogens with zero attached hydrogens (tertiary/aromatic N) is 1. The van der Waals surface area contributed by atoms with Crippen LogP contribution in [0, 0.1) is 6.92 Å². The molecule has 24 heavy (non-hydrogen) atoms. The average Bonchev–Trinajstić information content (AvgIpc) is 2.94. The molecule has 4 nitrogen and oxygen atoms in total. The number of thiazole rings is 1. The normalized spacial score (nSPS) is 12.1. The Hall–Kier alpha value is -2.40. The van der Waals surface area contributed by atoms with Gasteiger partial charge in [0.15, 0.2) is 0 Å². The quantitative estimate of drug-likeness (QED) is 0.764. The van der Waals surface area contributed by atoms with E-state index in [1.54, 1.807) is 18.4 Å². The molecule has 1 atom stereocenters. The minimum atomic E-state index is -0.0645. The maximum Gasteiger partial charge on any atom is 0.251 e. The van der Waals surface area contributed by atoms with Gasteiger partial charge in [0, 0.05) is 11.6 Å². The summed E-state index contributed by atoms with van der Waals surface area (Å²) in [4.78, 5) is 16.9. The molecule has 0 unspecified atom stereocenters. The first-order chi connectivity index (χ1) is 11.6. The molecule has 0 spiro atoms. The van der Waals surface area contributed by atoms with E-state index in [1.807, 2.05) is 56.3 Å². The highest BCUT2D eigenvalue weighted by Gasteiger charge is 2.13. The lowest BCUT2D eigenvalue weighted by Gasteiger charge is -2.16. The number of ether oxygens (including phenoxy) is 1. The van der Waals surface area contributed by atoms with Crippen LogP contribution in [-0.4, -0.2) is 24.0 Å². The van der Waals surface area contributed by atoms with E-state index in [0.29, 0.717) is 5.56 Å². The molecule has 0 fully saturated rings. The first kappa shape index (κ1) is 16.5. The molecule has 5 heteroatoms. The number of aryl methyl sites for hydroxylation is 1. The second kappa shape index (κ2) is 7.01. The summed E-state index contributed by atoms with van der Waals surface area (Å²) in [6.45, 7) is 3.97. The van der Waals surface area contributed by atoms with Crippen LogP contribution in [0.3, 0.4) is 0 Å². The van der Waals surface area contributed by atoms with E-state index in [2.05, 4.69) is 10.3 Å². The van der Waals surface area contributed by atoms with Crippen LogP contribution in [0.2, 0.25) is 0 Å². The molecule has 0 aliphatic heterocycles. The van der Waals surface area contributed by atoms with Crippen LogP contribution in [0.1, 0.15) is 27.9 Å². The highest BCUT2D eigenvalue weighted by atomic mass is 32.1. The van der Waals surface area contributed by atoms with Crippen molar-refractivity contribution < 1.29 is 9.53 Å². The van der Waals surface area contributed by atoms with Gasteiger partial charge in [0.25, 0.3) is 5.91 Å². The maximum atomic E-state index is 12.5. The zero-order valence-corrected chi connectivity index (χ0v) is 14.8. The molecule has 0 aliphatic rings. The molecule has 1 amide bonds. The van der Waals surface area contributed by atoms with Crippen LogP contribution in [0.25, 0.3) is 10.2 Å². The third-order valence-electron chi connectivity index (χ3n) is 3.85. The summed E-state index contributed by atoms with van der Waals surface area (Å²) in [6, 6.07) is 13.5. The van der Waals surface area contributed by atoms with E-state index in [0.717, 1.165) is 33.0 Å². The maximum absolute atomic E-state index is 12.5. The van der Waals surface area contributed by atoms with Crippen molar-refractivity contribution >= 4 is 27.5 Å². The summed E-state index contributed by atoms with van der Waals surface area (Å²) >= 11 is 1.60. The SMILES string of the molecule is COc1ccccc1C[C@@H](C)NC(=O)c1ccc2nc(C)sc2c1. The second-order valence-corrected chi connectivity index (χ2v) is 7.04. The number of hydrogen-bond donors (Lipinski definition) is 1. The average molecular weight is 340 g/mol. The standard InChI is InChI=1S/C19H20N2O2S/c1-12(10-14-6-4-5-7-17(14)23-3)20-19(22)15-8-9-16-18(11-15)24-13(2)21-16/h4-9,11-12H,10H2,1-3H3,(H,20,22)/t12-/m1/s1. The third-order valence-corrected chi connectivity index (χ3v) is 4.79. The van der Waals surface area contributed by atoms with Crippen molar-refractivity contribution in [2.24, 2.45) is 0 Å². The van der Waals surface area contributed by atoms with Gasteiger partial charge in [0.05, 0.1) is 22.3 Å². The minimum Gasteiger partial charge on any atom is -0.496 e. The summed E-state index contributed by atoms with van der Waals surface area (Å²) in [6.07, 6.45) is 0.720. The Morgan fingerprint density at radius 1 is 1.29 bits per heavy atom. The van der Waals surface area contributed by atoms with Gasteiger partial charge in [0.1, 0.15) is 5.75 Å². The molecule has 1 N–H and O–H groups in total. The van der Waals surface area contributed by atoms with Crippen molar-refractivity contribution in [3.8, 4) is 5.75 Å². The molecule has 124 valence electrons. The Morgan fingerprint density at radius 3 is 2.88 bits per heavy atom. The van der Waals surface area contributed by atoms with Gasteiger partial charge >= 0.3 is 0 Å². The number of hydrogen-bond acceptors (Lipinski definition) is 4. The van der Waals surface area contributed by atoms with Gasteiger partial charge < -0.3 is 10.1 Å². The fourth-order valence-corrected chi connectivity index (χ4v) is 3.61. The molecule has 2 aromatic carbocycles. The van der Waals surface area contributed by atoms with Crippen molar-refractivity contribution in [3.05, 3.63) is 58.6 Å². The summed E-state index contributed by atoms with van der Waals surface area (Å²) < 4.78 is 6.41. The highest BCUT2D eigenvalue weighted by Crippen LogP contribution is 2.23. The van der Waals surface area contributed by atoms with Crippen LogP contribution in [-0.2, 0) is 6.42 Å². The van der Waals surface area contributed by atoms with Gasteiger partial charge in [0.2, 0.25) is 0 Å². The summed E-state index contributed by atoms with van der Waals surface area (Å²) in [7, 11) is 1.66. The van der Waals surface area contributed by atoms with Crippen LogP contribution in [0.4, 0.5) is 0 Å². The minimum absolute atomic E-state index is 0.00712. The van der Waals surface area contributed by atoms with Gasteiger partial charge in [-0.2, -0.15) is 0 Å². The lowest BCUT2D eigenvalue weighted by molar-refractivity contribution is 0.0940. The van der Waals surface area contributed by atoms with E-state index in [4.69, 9.17) is 4.74 Å². The van der Waals surface area contributed by atoms with Crippen LogP contribution >= 0.6 is 11.3 Å². The number of aromatic nitrogens is 1. The Balaban J connectivity index is 1.70.